The smallest absolute Gasteiger partial charge is 0.327 e. The van der Waals surface area contributed by atoms with Gasteiger partial charge in [-0.2, -0.15) is 17.0 Å². The maximum absolute atomic E-state index is 12.2. The molecule has 0 radical (unpaired) electrons. The third-order valence-corrected chi connectivity index (χ3v) is 4.03. The molecular formula is C11H17N3O3S. The van der Waals surface area contributed by atoms with E-state index < -0.39 is 12.0 Å². The van der Waals surface area contributed by atoms with Gasteiger partial charge in [0.1, 0.15) is 6.04 Å². The molecule has 2 atom stereocenters. The highest BCUT2D eigenvalue weighted by Crippen LogP contribution is 2.19. The lowest BCUT2D eigenvalue weighted by Crippen LogP contribution is -2.55. The van der Waals surface area contributed by atoms with Crippen molar-refractivity contribution in [2.24, 2.45) is 0 Å². The second-order valence-electron chi connectivity index (χ2n) is 4.23. The first-order valence-electron chi connectivity index (χ1n) is 5.70. The number of amides is 2. The third kappa shape index (κ3) is 3.29. The number of thioether (sulfide) groups is 1. The number of carbonyl (C=O) groups excluding carboxylic acids is 1. The molecule has 0 aliphatic carbocycles. The van der Waals surface area contributed by atoms with Gasteiger partial charge in [0.05, 0.1) is 12.5 Å². The van der Waals surface area contributed by atoms with Gasteiger partial charge in [0.15, 0.2) is 0 Å². The number of carbonyl (C=O) groups is 2. The molecule has 0 spiro atoms. The molecule has 1 saturated heterocycles. The van der Waals surface area contributed by atoms with Crippen LogP contribution in [-0.4, -0.2) is 64.1 Å². The zero-order valence-electron chi connectivity index (χ0n) is 10.5. The van der Waals surface area contributed by atoms with Gasteiger partial charge in [0, 0.05) is 31.1 Å². The molecule has 0 aromatic heterocycles. The summed E-state index contributed by atoms with van der Waals surface area (Å²) in [6.07, 6.45) is 0.239. The molecule has 6 nitrogen and oxygen atoms in total. The number of hydrogen-bond acceptors (Lipinski definition) is 4. The Morgan fingerprint density at radius 3 is 2.89 bits per heavy atom. The number of aliphatic carboxylic acids is 1. The molecule has 1 N–H and O–H groups in total. The Labute approximate surface area is 111 Å². The van der Waals surface area contributed by atoms with Crippen LogP contribution in [0.2, 0.25) is 0 Å². The first-order valence-corrected chi connectivity index (χ1v) is 6.85. The van der Waals surface area contributed by atoms with Gasteiger partial charge in [-0.15, -0.1) is 0 Å². The highest BCUT2D eigenvalue weighted by atomic mass is 32.2. The van der Waals surface area contributed by atoms with Crippen LogP contribution in [0.25, 0.3) is 0 Å². The average molecular weight is 271 g/mol. The van der Waals surface area contributed by atoms with Gasteiger partial charge in [0.2, 0.25) is 0 Å². The summed E-state index contributed by atoms with van der Waals surface area (Å²) in [4.78, 5) is 26.1. The highest BCUT2D eigenvalue weighted by molar-refractivity contribution is 7.99. The van der Waals surface area contributed by atoms with E-state index >= 15 is 0 Å². The lowest BCUT2D eigenvalue weighted by atomic mass is 10.2. The second-order valence-corrected chi connectivity index (χ2v) is 5.38. The van der Waals surface area contributed by atoms with Crippen LogP contribution in [0.1, 0.15) is 13.3 Å². The Kier molecular flexibility index (Phi) is 5.28. The predicted octanol–water partition coefficient (Wildman–Crippen LogP) is 0.842. The third-order valence-electron chi connectivity index (χ3n) is 3.01. The topological polar surface area (TPSA) is 84.6 Å². The molecule has 0 saturated carbocycles. The van der Waals surface area contributed by atoms with E-state index in [0.717, 1.165) is 5.75 Å². The first-order chi connectivity index (χ1) is 8.49. The number of urea groups is 1. The summed E-state index contributed by atoms with van der Waals surface area (Å²) in [6, 6.07) is 0.706. The van der Waals surface area contributed by atoms with Crippen molar-refractivity contribution in [1.82, 2.24) is 9.80 Å². The van der Waals surface area contributed by atoms with Gasteiger partial charge >= 0.3 is 12.0 Å². The zero-order chi connectivity index (χ0) is 13.7. The van der Waals surface area contributed by atoms with Crippen molar-refractivity contribution in [3.63, 3.8) is 0 Å². The average Bonchev–Trinajstić information content (AvgIpc) is 2.37. The fourth-order valence-electron chi connectivity index (χ4n) is 1.70. The van der Waals surface area contributed by atoms with E-state index in [4.69, 9.17) is 10.4 Å². The van der Waals surface area contributed by atoms with Crippen molar-refractivity contribution in [2.75, 3.05) is 25.1 Å². The fraction of sp³-hybridized carbons (Fsp3) is 0.727. The summed E-state index contributed by atoms with van der Waals surface area (Å²) < 4.78 is 0. The fourth-order valence-corrected chi connectivity index (χ4v) is 2.74. The number of carboxylic acid groups (broad SMARTS) is 1. The first kappa shape index (κ1) is 14.6. The van der Waals surface area contributed by atoms with Crippen molar-refractivity contribution >= 4 is 23.8 Å². The van der Waals surface area contributed by atoms with Crippen LogP contribution in [0.3, 0.4) is 0 Å². The minimum atomic E-state index is -0.975. The molecule has 1 heterocycles. The largest absolute Gasteiger partial charge is 0.480 e. The normalized spacial score (nSPS) is 20.9. The van der Waals surface area contributed by atoms with Crippen molar-refractivity contribution in [3.8, 4) is 6.07 Å². The zero-order valence-corrected chi connectivity index (χ0v) is 11.3. The van der Waals surface area contributed by atoms with Crippen LogP contribution >= 0.6 is 11.8 Å². The van der Waals surface area contributed by atoms with Crippen LogP contribution in [0, 0.1) is 11.3 Å². The van der Waals surface area contributed by atoms with Crippen molar-refractivity contribution in [3.05, 3.63) is 0 Å². The van der Waals surface area contributed by atoms with Gasteiger partial charge in [-0.05, 0) is 6.92 Å². The molecule has 1 fully saturated rings. The van der Waals surface area contributed by atoms with Crippen molar-refractivity contribution in [2.45, 2.75) is 25.4 Å². The minimum Gasteiger partial charge on any atom is -0.480 e. The Balaban J connectivity index is 2.74. The van der Waals surface area contributed by atoms with E-state index in [9.17, 15) is 9.59 Å². The molecular weight excluding hydrogens is 254 g/mol. The second kappa shape index (κ2) is 6.50. The van der Waals surface area contributed by atoms with E-state index in [0.29, 0.717) is 12.3 Å². The molecule has 18 heavy (non-hydrogen) atoms. The maximum Gasteiger partial charge on any atom is 0.327 e. The van der Waals surface area contributed by atoms with Gasteiger partial charge in [-0.3, -0.25) is 0 Å². The summed E-state index contributed by atoms with van der Waals surface area (Å²) >= 11 is 1.54. The molecule has 2 unspecified atom stereocenters. The van der Waals surface area contributed by atoms with Gasteiger partial charge in [0.25, 0.3) is 0 Å². The van der Waals surface area contributed by atoms with Crippen molar-refractivity contribution in [1.29, 1.82) is 5.26 Å². The molecule has 100 valence electrons. The summed E-state index contributed by atoms with van der Waals surface area (Å²) in [5, 5.41) is 17.7. The molecule has 2 amide bonds. The van der Waals surface area contributed by atoms with E-state index in [1.54, 1.807) is 14.0 Å². The lowest BCUT2D eigenvalue weighted by molar-refractivity contribution is -0.141. The molecule has 0 aromatic rings. The summed E-state index contributed by atoms with van der Waals surface area (Å²) in [7, 11) is 1.60. The van der Waals surface area contributed by atoms with Gasteiger partial charge < -0.3 is 14.9 Å². The van der Waals surface area contributed by atoms with E-state index in [1.807, 2.05) is 6.07 Å². The Hall–Kier alpha value is -1.42. The van der Waals surface area contributed by atoms with Crippen LogP contribution in [0.15, 0.2) is 0 Å². The molecule has 1 rings (SSSR count). The van der Waals surface area contributed by atoms with Crippen LogP contribution in [0.4, 0.5) is 4.79 Å². The van der Waals surface area contributed by atoms with Crippen LogP contribution in [0.5, 0.6) is 0 Å². The quantitative estimate of drug-likeness (QED) is 0.822. The number of carboxylic acids is 1. The summed E-state index contributed by atoms with van der Waals surface area (Å²) in [5.74, 6) is 0.189. The summed E-state index contributed by atoms with van der Waals surface area (Å²) in [6.45, 7) is 2.21. The standard InChI is InChI=1S/C11H17N3O3S/c1-8(3-4-12)13(2)11(17)14-5-6-18-7-9(14)10(15)16/h8-9H,3,5-7H2,1-2H3,(H,15,16). The Morgan fingerprint density at radius 1 is 1.67 bits per heavy atom. The molecule has 7 heteroatoms. The molecule has 1 aliphatic rings. The number of rotatable bonds is 3. The Morgan fingerprint density at radius 2 is 2.33 bits per heavy atom. The number of nitrogens with zero attached hydrogens (tertiary/aromatic N) is 3. The van der Waals surface area contributed by atoms with E-state index in [-0.39, 0.29) is 18.5 Å². The highest BCUT2D eigenvalue weighted by Gasteiger charge is 2.34. The molecule has 0 bridgehead atoms. The Bertz CT molecular complexity index is 369. The van der Waals surface area contributed by atoms with E-state index in [2.05, 4.69) is 0 Å². The van der Waals surface area contributed by atoms with Gasteiger partial charge in [-0.25, -0.2) is 9.59 Å². The molecule has 1 aliphatic heterocycles. The van der Waals surface area contributed by atoms with Crippen molar-refractivity contribution < 1.29 is 14.7 Å². The minimum absolute atomic E-state index is 0.216. The van der Waals surface area contributed by atoms with Gasteiger partial charge in [-0.1, -0.05) is 0 Å². The SMILES string of the molecule is CC(CC#N)N(C)C(=O)N1CCSCC1C(=O)O. The van der Waals surface area contributed by atoms with Crippen LogP contribution in [-0.2, 0) is 4.79 Å². The monoisotopic (exact) mass is 271 g/mol. The van der Waals surface area contributed by atoms with Crippen LogP contribution < -0.4 is 0 Å². The van der Waals surface area contributed by atoms with E-state index in [1.165, 1.54) is 21.6 Å². The lowest BCUT2D eigenvalue weighted by Gasteiger charge is -2.37. The molecule has 0 aromatic carbocycles. The summed E-state index contributed by atoms with van der Waals surface area (Å²) in [5.41, 5.74) is 0. The number of nitriles is 1. The maximum atomic E-state index is 12.2. The predicted molar refractivity (Wildman–Crippen MR) is 68.3 cm³/mol. The number of hydrogen-bond donors (Lipinski definition) is 1.